The van der Waals surface area contributed by atoms with Gasteiger partial charge in [0.25, 0.3) is 0 Å². The van der Waals surface area contributed by atoms with Gasteiger partial charge in [-0.05, 0) is 72.9 Å². The first-order valence-corrected chi connectivity index (χ1v) is 9.21. The summed E-state index contributed by atoms with van der Waals surface area (Å²) in [6, 6.07) is 3.93. The van der Waals surface area contributed by atoms with E-state index in [1.54, 1.807) is 7.11 Å². The van der Waals surface area contributed by atoms with Crippen molar-refractivity contribution in [1.82, 2.24) is 5.32 Å². The molecule has 1 rings (SSSR count). The quantitative estimate of drug-likeness (QED) is 0.368. The Labute approximate surface area is 166 Å². The predicted octanol–water partition coefficient (Wildman–Crippen LogP) is 3.35. The van der Waals surface area contributed by atoms with Gasteiger partial charge in [0.05, 0.1) is 16.1 Å². The van der Waals surface area contributed by atoms with Crippen molar-refractivity contribution < 1.29 is 29.3 Å². The molecule has 0 bridgehead atoms. The zero-order valence-corrected chi connectivity index (χ0v) is 17.2. The van der Waals surface area contributed by atoms with E-state index in [-0.39, 0.29) is 0 Å². The predicted molar refractivity (Wildman–Crippen MR) is 103 cm³/mol. The molecule has 0 unspecified atom stereocenters. The molecule has 0 radical (unpaired) electrons. The summed E-state index contributed by atoms with van der Waals surface area (Å²) in [4.78, 5) is 18.2. The van der Waals surface area contributed by atoms with Crippen LogP contribution in [0.5, 0.6) is 5.75 Å². The van der Waals surface area contributed by atoms with Crippen molar-refractivity contribution in [3.8, 4) is 5.75 Å². The standard InChI is InChI=1S/C15H23BrClNO2.C2H2O4/c1-12-10-13(16)15(14(17)11-12)20-9-4-3-6-18-7-5-8-19-2;3-1(4)2(5)6/h10-11,18H,3-9H2,1-2H3;(H,3,4)(H,5,6). The molecule has 1 aromatic rings. The molecule has 3 N–H and O–H groups in total. The Bertz CT molecular complexity index is 535. The monoisotopic (exact) mass is 453 g/mol. The molecule has 0 aliphatic heterocycles. The van der Waals surface area contributed by atoms with Crippen LogP contribution in [0.25, 0.3) is 0 Å². The van der Waals surface area contributed by atoms with Gasteiger partial charge in [-0.1, -0.05) is 11.6 Å². The van der Waals surface area contributed by atoms with Gasteiger partial charge in [-0.3, -0.25) is 0 Å². The minimum absolute atomic E-state index is 0.662. The summed E-state index contributed by atoms with van der Waals surface area (Å²) in [6.45, 7) is 5.52. The normalized spacial score (nSPS) is 10.0. The van der Waals surface area contributed by atoms with E-state index in [0.717, 1.165) is 54.7 Å². The number of carboxylic acid groups (broad SMARTS) is 2. The highest BCUT2D eigenvalue weighted by molar-refractivity contribution is 9.10. The number of aliphatic carboxylic acids is 2. The maximum Gasteiger partial charge on any atom is 0.414 e. The number of nitrogens with one attached hydrogen (secondary N) is 1. The summed E-state index contributed by atoms with van der Waals surface area (Å²) in [5, 5.41) is 18.8. The molecule has 0 saturated carbocycles. The molecule has 0 aliphatic carbocycles. The zero-order valence-electron chi connectivity index (χ0n) is 14.9. The fourth-order valence-electron chi connectivity index (χ4n) is 1.82. The van der Waals surface area contributed by atoms with E-state index in [1.807, 2.05) is 19.1 Å². The summed E-state index contributed by atoms with van der Waals surface area (Å²) in [5.74, 6) is -2.91. The largest absolute Gasteiger partial charge is 0.491 e. The fourth-order valence-corrected chi connectivity index (χ4v) is 2.95. The van der Waals surface area contributed by atoms with E-state index in [4.69, 9.17) is 40.9 Å². The molecule has 0 atom stereocenters. The first-order valence-electron chi connectivity index (χ1n) is 8.03. The lowest BCUT2D eigenvalue weighted by Gasteiger charge is -2.11. The summed E-state index contributed by atoms with van der Waals surface area (Å²) in [7, 11) is 1.73. The van der Waals surface area contributed by atoms with Crippen LogP contribution < -0.4 is 10.1 Å². The minimum atomic E-state index is -1.82. The minimum Gasteiger partial charge on any atom is -0.491 e. The lowest BCUT2D eigenvalue weighted by atomic mass is 10.2. The van der Waals surface area contributed by atoms with E-state index in [0.29, 0.717) is 11.6 Å². The molecule has 0 fully saturated rings. The highest BCUT2D eigenvalue weighted by Crippen LogP contribution is 2.34. The number of unbranched alkanes of at least 4 members (excludes halogenated alkanes) is 1. The lowest BCUT2D eigenvalue weighted by molar-refractivity contribution is -0.159. The van der Waals surface area contributed by atoms with Gasteiger partial charge in [-0.25, -0.2) is 9.59 Å². The molecule has 1 aromatic carbocycles. The molecule has 0 amide bonds. The second-order valence-corrected chi connectivity index (χ2v) is 6.58. The molecule has 0 spiro atoms. The van der Waals surface area contributed by atoms with Gasteiger partial charge in [0, 0.05) is 13.7 Å². The number of carbonyl (C=O) groups is 2. The number of rotatable bonds is 10. The van der Waals surface area contributed by atoms with E-state index < -0.39 is 11.9 Å². The van der Waals surface area contributed by atoms with Crippen LogP contribution in [-0.2, 0) is 14.3 Å². The zero-order chi connectivity index (χ0) is 19.9. The van der Waals surface area contributed by atoms with Gasteiger partial charge in [-0.2, -0.15) is 0 Å². The fraction of sp³-hybridized carbons (Fsp3) is 0.529. The summed E-state index contributed by atoms with van der Waals surface area (Å²) in [5.41, 5.74) is 1.12. The highest BCUT2D eigenvalue weighted by Gasteiger charge is 2.07. The highest BCUT2D eigenvalue weighted by atomic mass is 79.9. The van der Waals surface area contributed by atoms with Crippen molar-refractivity contribution in [1.29, 1.82) is 0 Å². The van der Waals surface area contributed by atoms with Crippen molar-refractivity contribution in [3.63, 3.8) is 0 Å². The van der Waals surface area contributed by atoms with Gasteiger partial charge in [0.15, 0.2) is 5.75 Å². The Balaban J connectivity index is 0.000000896. The van der Waals surface area contributed by atoms with Gasteiger partial charge in [0.1, 0.15) is 0 Å². The molecular formula is C17H25BrClNO6. The molecule has 0 saturated heterocycles. The van der Waals surface area contributed by atoms with E-state index in [9.17, 15) is 0 Å². The van der Waals surface area contributed by atoms with Crippen LogP contribution in [0.3, 0.4) is 0 Å². The Morgan fingerprint density at radius 1 is 1.12 bits per heavy atom. The average Bonchev–Trinajstić information content (AvgIpc) is 2.55. The topological polar surface area (TPSA) is 105 Å². The van der Waals surface area contributed by atoms with Crippen molar-refractivity contribution in [3.05, 3.63) is 27.2 Å². The first-order chi connectivity index (χ1) is 12.3. The smallest absolute Gasteiger partial charge is 0.414 e. The molecule has 148 valence electrons. The van der Waals surface area contributed by atoms with Gasteiger partial charge in [-0.15, -0.1) is 0 Å². The Hall–Kier alpha value is -1.35. The van der Waals surface area contributed by atoms with Gasteiger partial charge < -0.3 is 25.0 Å². The van der Waals surface area contributed by atoms with Crippen LogP contribution >= 0.6 is 27.5 Å². The molecule has 0 aliphatic rings. The maximum atomic E-state index is 9.10. The molecule has 7 nitrogen and oxygen atoms in total. The third-order valence-corrected chi connectivity index (χ3v) is 3.89. The number of methoxy groups -OCH3 is 1. The molecule has 0 aromatic heterocycles. The number of aryl methyl sites for hydroxylation is 1. The van der Waals surface area contributed by atoms with Crippen molar-refractivity contribution in [2.24, 2.45) is 0 Å². The van der Waals surface area contributed by atoms with Crippen LogP contribution in [0.4, 0.5) is 0 Å². The van der Waals surface area contributed by atoms with Crippen molar-refractivity contribution in [2.45, 2.75) is 26.2 Å². The lowest BCUT2D eigenvalue weighted by Crippen LogP contribution is -2.18. The van der Waals surface area contributed by atoms with Crippen LogP contribution in [0.1, 0.15) is 24.8 Å². The number of halogens is 2. The second kappa shape index (κ2) is 14.8. The number of carboxylic acids is 2. The van der Waals surface area contributed by atoms with E-state index >= 15 is 0 Å². The molecule has 26 heavy (non-hydrogen) atoms. The summed E-state index contributed by atoms with van der Waals surface area (Å²) in [6.07, 6.45) is 3.15. The Morgan fingerprint density at radius 3 is 2.27 bits per heavy atom. The molecule has 9 heteroatoms. The van der Waals surface area contributed by atoms with Crippen LogP contribution in [0.2, 0.25) is 5.02 Å². The third-order valence-electron chi connectivity index (χ3n) is 3.02. The van der Waals surface area contributed by atoms with Gasteiger partial charge in [0.2, 0.25) is 0 Å². The van der Waals surface area contributed by atoms with Crippen molar-refractivity contribution >= 4 is 39.5 Å². The average molecular weight is 455 g/mol. The SMILES string of the molecule is COCCCNCCCCOc1c(Cl)cc(C)cc1Br.O=C(O)C(=O)O. The van der Waals surface area contributed by atoms with Crippen LogP contribution in [0, 0.1) is 6.92 Å². The molecule has 0 heterocycles. The Kier molecular flexibility index (Phi) is 14.0. The maximum absolute atomic E-state index is 9.10. The van der Waals surface area contributed by atoms with Crippen molar-refractivity contribution in [2.75, 3.05) is 33.4 Å². The third kappa shape index (κ3) is 12.1. The van der Waals surface area contributed by atoms with E-state index in [2.05, 4.69) is 21.2 Å². The van der Waals surface area contributed by atoms with E-state index in [1.165, 1.54) is 0 Å². The molecular weight excluding hydrogens is 430 g/mol. The van der Waals surface area contributed by atoms with Gasteiger partial charge >= 0.3 is 11.9 Å². The number of hydrogen-bond donors (Lipinski definition) is 3. The summed E-state index contributed by atoms with van der Waals surface area (Å²) < 4.78 is 11.6. The summed E-state index contributed by atoms with van der Waals surface area (Å²) >= 11 is 9.65. The number of hydrogen-bond acceptors (Lipinski definition) is 5. The second-order valence-electron chi connectivity index (χ2n) is 5.32. The first kappa shape index (κ1) is 24.7. The van der Waals surface area contributed by atoms with Crippen LogP contribution in [0.15, 0.2) is 16.6 Å². The number of benzene rings is 1. The number of ether oxygens (including phenoxy) is 2. The Morgan fingerprint density at radius 2 is 1.73 bits per heavy atom. The van der Waals surface area contributed by atoms with Crippen LogP contribution in [-0.4, -0.2) is 55.6 Å².